The van der Waals surface area contributed by atoms with E-state index < -0.39 is 0 Å². The first-order chi connectivity index (χ1) is 19.4. The molecule has 2 aromatic carbocycles. The van der Waals surface area contributed by atoms with Gasteiger partial charge in [0.1, 0.15) is 0 Å². The maximum Gasteiger partial charge on any atom is 0.308 e. The lowest BCUT2D eigenvalue weighted by Crippen LogP contribution is -2.19. The summed E-state index contributed by atoms with van der Waals surface area (Å²) < 4.78 is 5.70. The van der Waals surface area contributed by atoms with Crippen LogP contribution in [0.4, 0.5) is 0 Å². The molecular weight excluding hydrogens is 494 g/mol. The van der Waals surface area contributed by atoms with Crippen LogP contribution in [0.15, 0.2) is 86.0 Å². The third kappa shape index (κ3) is 9.41. The highest BCUT2D eigenvalue weighted by atomic mass is 16.5. The molecule has 0 radical (unpaired) electrons. The van der Waals surface area contributed by atoms with E-state index >= 15 is 0 Å². The van der Waals surface area contributed by atoms with E-state index in [1.54, 1.807) is 12.2 Å². The molecule has 5 heteroatoms. The van der Waals surface area contributed by atoms with Crippen LogP contribution >= 0.6 is 0 Å². The molecule has 0 spiro atoms. The number of aromatic nitrogens is 3. The third-order valence-corrected chi connectivity index (χ3v) is 6.84. The molecule has 210 valence electrons. The van der Waals surface area contributed by atoms with Crippen molar-refractivity contribution in [3.8, 4) is 22.8 Å². The van der Waals surface area contributed by atoms with Gasteiger partial charge < -0.3 is 4.74 Å². The SMILES string of the molecule is C=C/C=C(\C=C)c1nc(-c2ccccc2)nc(-c2ccc(CCOC(=O)C(CCC)CCCCC(C)C)cc2)n1. The number of benzene rings is 2. The molecular formula is C35H43N3O2. The van der Waals surface area contributed by atoms with Gasteiger partial charge in [0.25, 0.3) is 0 Å². The molecule has 3 aromatic rings. The Morgan fingerprint density at radius 3 is 2.12 bits per heavy atom. The van der Waals surface area contributed by atoms with Crippen molar-refractivity contribution in [2.45, 2.75) is 65.7 Å². The number of unbranched alkanes of at least 4 members (excludes halogenated alkanes) is 1. The first kappa shape index (κ1) is 30.7. The minimum absolute atomic E-state index is 0.00646. The number of carbonyl (C=O) groups excluding carboxylic acids is 1. The molecule has 0 saturated carbocycles. The summed E-state index contributed by atoms with van der Waals surface area (Å²) in [7, 11) is 0. The van der Waals surface area contributed by atoms with Crippen LogP contribution in [0.5, 0.6) is 0 Å². The van der Waals surface area contributed by atoms with E-state index in [0.717, 1.165) is 47.9 Å². The number of ether oxygens (including phenoxy) is 1. The monoisotopic (exact) mass is 537 g/mol. The number of nitrogens with zero attached hydrogens (tertiary/aromatic N) is 3. The second kappa shape index (κ2) is 16.3. The standard InChI is InChI=1S/C35H43N3O2/c1-6-14-28(8-3)32-36-33(29-17-10-9-11-18-29)38-34(37-32)30-22-20-27(21-23-30)24-25-40-35(39)31(15-7-2)19-13-12-16-26(4)5/h6,8-11,14,17-18,20-23,26,31H,1,3,7,12-13,15-16,19,24-25H2,2,4-5H3/b28-14+. The highest BCUT2D eigenvalue weighted by Crippen LogP contribution is 2.24. The van der Waals surface area contributed by atoms with Gasteiger partial charge in [-0.2, -0.15) is 0 Å². The molecule has 0 N–H and O–H groups in total. The first-order valence-electron chi connectivity index (χ1n) is 14.5. The van der Waals surface area contributed by atoms with Crippen molar-refractivity contribution in [2.75, 3.05) is 6.61 Å². The van der Waals surface area contributed by atoms with Gasteiger partial charge in [0.15, 0.2) is 17.5 Å². The van der Waals surface area contributed by atoms with Crippen molar-refractivity contribution in [3.63, 3.8) is 0 Å². The van der Waals surface area contributed by atoms with Gasteiger partial charge in [0, 0.05) is 23.1 Å². The van der Waals surface area contributed by atoms with Gasteiger partial charge in [0.05, 0.1) is 12.5 Å². The Hall–Kier alpha value is -3.86. The quantitative estimate of drug-likeness (QED) is 0.104. The molecule has 1 heterocycles. The molecule has 1 unspecified atom stereocenters. The van der Waals surface area contributed by atoms with Crippen molar-refractivity contribution >= 4 is 11.5 Å². The van der Waals surface area contributed by atoms with E-state index in [2.05, 4.69) is 33.9 Å². The summed E-state index contributed by atoms with van der Waals surface area (Å²) in [6.45, 7) is 14.7. The summed E-state index contributed by atoms with van der Waals surface area (Å²) >= 11 is 0. The Morgan fingerprint density at radius 2 is 1.52 bits per heavy atom. The van der Waals surface area contributed by atoms with Crippen molar-refractivity contribution in [2.24, 2.45) is 11.8 Å². The Bertz CT molecular complexity index is 1260. The number of allylic oxidation sites excluding steroid dienone is 4. The zero-order chi connectivity index (χ0) is 28.7. The Labute approximate surface area is 240 Å². The van der Waals surface area contributed by atoms with Gasteiger partial charge in [-0.15, -0.1) is 0 Å². The molecule has 0 fully saturated rings. The Balaban J connectivity index is 1.68. The molecule has 1 atom stereocenters. The van der Waals surface area contributed by atoms with Crippen molar-refractivity contribution < 1.29 is 9.53 Å². The van der Waals surface area contributed by atoms with Crippen LogP contribution < -0.4 is 0 Å². The van der Waals surface area contributed by atoms with Gasteiger partial charge in [-0.3, -0.25) is 4.79 Å². The number of carbonyl (C=O) groups is 1. The van der Waals surface area contributed by atoms with Crippen LogP contribution in [-0.4, -0.2) is 27.5 Å². The second-order valence-electron chi connectivity index (χ2n) is 10.5. The summed E-state index contributed by atoms with van der Waals surface area (Å²) in [5.41, 5.74) is 3.66. The summed E-state index contributed by atoms with van der Waals surface area (Å²) in [4.78, 5) is 26.9. The summed E-state index contributed by atoms with van der Waals surface area (Å²) in [6, 6.07) is 17.9. The smallest absolute Gasteiger partial charge is 0.308 e. The zero-order valence-corrected chi connectivity index (χ0v) is 24.3. The molecule has 0 aliphatic heterocycles. The highest BCUT2D eigenvalue weighted by molar-refractivity contribution is 5.73. The average Bonchev–Trinajstić information content (AvgIpc) is 2.97. The molecule has 0 bridgehead atoms. The van der Waals surface area contributed by atoms with Gasteiger partial charge in [0.2, 0.25) is 0 Å². The molecule has 3 rings (SSSR count). The number of hydrogen-bond acceptors (Lipinski definition) is 5. The lowest BCUT2D eigenvalue weighted by atomic mass is 9.95. The molecule has 40 heavy (non-hydrogen) atoms. The zero-order valence-electron chi connectivity index (χ0n) is 24.3. The van der Waals surface area contributed by atoms with Crippen molar-refractivity contribution in [1.82, 2.24) is 15.0 Å². The lowest BCUT2D eigenvalue weighted by Gasteiger charge is -2.15. The minimum Gasteiger partial charge on any atom is -0.465 e. The molecule has 1 aromatic heterocycles. The largest absolute Gasteiger partial charge is 0.465 e. The molecule has 0 aliphatic rings. The lowest BCUT2D eigenvalue weighted by molar-refractivity contribution is -0.149. The van der Waals surface area contributed by atoms with E-state index in [4.69, 9.17) is 19.7 Å². The second-order valence-corrected chi connectivity index (χ2v) is 10.5. The molecule has 0 aliphatic carbocycles. The summed E-state index contributed by atoms with van der Waals surface area (Å²) in [5, 5.41) is 0. The minimum atomic E-state index is -0.0558. The van der Waals surface area contributed by atoms with E-state index in [9.17, 15) is 4.79 Å². The van der Waals surface area contributed by atoms with Crippen LogP contribution in [-0.2, 0) is 16.0 Å². The normalized spacial score (nSPS) is 12.2. The van der Waals surface area contributed by atoms with Gasteiger partial charge in [-0.05, 0) is 24.3 Å². The maximum absolute atomic E-state index is 12.7. The van der Waals surface area contributed by atoms with Crippen LogP contribution in [0.2, 0.25) is 0 Å². The van der Waals surface area contributed by atoms with Crippen LogP contribution in [0.25, 0.3) is 28.3 Å². The van der Waals surface area contributed by atoms with Crippen molar-refractivity contribution in [1.29, 1.82) is 0 Å². The van der Waals surface area contributed by atoms with E-state index in [-0.39, 0.29) is 11.9 Å². The van der Waals surface area contributed by atoms with Crippen LogP contribution in [0.1, 0.15) is 70.7 Å². The predicted octanol–water partition coefficient (Wildman–Crippen LogP) is 8.68. The summed E-state index contributed by atoms with van der Waals surface area (Å²) in [5.74, 6) is 2.38. The summed E-state index contributed by atoms with van der Waals surface area (Å²) in [6.07, 6.45) is 12.2. The van der Waals surface area contributed by atoms with Gasteiger partial charge in [-0.1, -0.05) is 132 Å². The van der Waals surface area contributed by atoms with E-state index in [1.165, 1.54) is 12.8 Å². The van der Waals surface area contributed by atoms with Crippen LogP contribution in [0, 0.1) is 11.8 Å². The maximum atomic E-state index is 12.7. The Kier molecular flexibility index (Phi) is 12.5. The number of hydrogen-bond donors (Lipinski definition) is 0. The molecule has 0 amide bonds. The fourth-order valence-electron chi connectivity index (χ4n) is 4.59. The first-order valence-corrected chi connectivity index (χ1v) is 14.5. The van der Waals surface area contributed by atoms with Gasteiger partial charge >= 0.3 is 5.97 Å². The third-order valence-electron chi connectivity index (χ3n) is 6.84. The van der Waals surface area contributed by atoms with Crippen LogP contribution in [0.3, 0.4) is 0 Å². The number of esters is 1. The average molecular weight is 538 g/mol. The topological polar surface area (TPSA) is 65.0 Å². The fourth-order valence-corrected chi connectivity index (χ4v) is 4.59. The van der Waals surface area contributed by atoms with E-state index in [0.29, 0.717) is 36.4 Å². The number of rotatable bonds is 16. The molecule has 0 saturated heterocycles. The molecule has 5 nitrogen and oxygen atoms in total. The van der Waals surface area contributed by atoms with Crippen molar-refractivity contribution in [3.05, 3.63) is 97.4 Å². The highest BCUT2D eigenvalue weighted by Gasteiger charge is 2.19. The van der Waals surface area contributed by atoms with E-state index in [1.807, 2.05) is 60.7 Å². The Morgan fingerprint density at radius 1 is 0.875 bits per heavy atom. The van der Waals surface area contributed by atoms with Gasteiger partial charge in [-0.25, -0.2) is 15.0 Å². The fraction of sp³-hybridized carbons (Fsp3) is 0.371. The predicted molar refractivity (Wildman–Crippen MR) is 165 cm³/mol.